The summed E-state index contributed by atoms with van der Waals surface area (Å²) in [7, 11) is 1.54. The fraction of sp³-hybridized carbons (Fsp3) is 0.304. The lowest BCUT2D eigenvalue weighted by Gasteiger charge is -2.36. The van der Waals surface area contributed by atoms with Crippen molar-refractivity contribution in [3.8, 4) is 5.75 Å². The van der Waals surface area contributed by atoms with Gasteiger partial charge in [0.05, 0.1) is 7.11 Å². The minimum absolute atomic E-state index is 0.00895. The predicted octanol–water partition coefficient (Wildman–Crippen LogP) is 3.05. The monoisotopic (exact) mass is 425 g/mol. The van der Waals surface area contributed by atoms with Gasteiger partial charge in [0, 0.05) is 50.2 Å². The van der Waals surface area contributed by atoms with Crippen LogP contribution in [0.15, 0.2) is 52.9 Å². The minimum atomic E-state index is -0.368. The Labute approximate surface area is 179 Å². The van der Waals surface area contributed by atoms with Gasteiger partial charge in [-0.05, 0) is 36.4 Å². The zero-order valence-electron chi connectivity index (χ0n) is 17.3. The number of carbonyl (C=O) groups is 2. The maximum Gasteiger partial charge on any atom is 0.287 e. The standard InChI is InChI=1S/C23H24FN3O4/c1-30-19-4-2-3-16-15-20(31-22(16)19)23(29)25-10-9-21(28)27-13-11-26(12-14-27)18-7-5-17(24)6-8-18/h2-8,15H,9-14H2,1H3,(H,25,29). The molecule has 0 aliphatic carbocycles. The highest BCUT2D eigenvalue weighted by molar-refractivity contribution is 5.97. The van der Waals surface area contributed by atoms with Crippen LogP contribution in [-0.4, -0.2) is 56.5 Å². The summed E-state index contributed by atoms with van der Waals surface area (Å²) in [6.45, 7) is 2.78. The highest BCUT2D eigenvalue weighted by Gasteiger charge is 2.21. The fourth-order valence-corrected chi connectivity index (χ4v) is 3.70. The van der Waals surface area contributed by atoms with Crippen molar-refractivity contribution in [3.63, 3.8) is 0 Å². The summed E-state index contributed by atoms with van der Waals surface area (Å²) in [6.07, 6.45) is 0.214. The number of carbonyl (C=O) groups excluding carboxylic acids is 2. The van der Waals surface area contributed by atoms with Crippen molar-refractivity contribution in [2.45, 2.75) is 6.42 Å². The number of ether oxygens (including phenoxy) is 1. The third kappa shape index (κ3) is 4.63. The Kier molecular flexibility index (Phi) is 6.06. The number of benzene rings is 2. The first-order chi connectivity index (χ1) is 15.0. The van der Waals surface area contributed by atoms with E-state index in [2.05, 4.69) is 10.2 Å². The largest absolute Gasteiger partial charge is 0.493 e. The SMILES string of the molecule is COc1cccc2cc(C(=O)NCCC(=O)N3CCN(c4ccc(F)cc4)CC3)oc12. The Morgan fingerprint density at radius 2 is 1.84 bits per heavy atom. The maximum atomic E-state index is 13.1. The molecule has 2 aromatic carbocycles. The average Bonchev–Trinajstić information content (AvgIpc) is 3.24. The molecule has 2 heterocycles. The van der Waals surface area contributed by atoms with E-state index < -0.39 is 0 Å². The zero-order chi connectivity index (χ0) is 21.8. The number of para-hydroxylation sites is 1. The van der Waals surface area contributed by atoms with Gasteiger partial charge in [0.15, 0.2) is 17.1 Å². The van der Waals surface area contributed by atoms with Crippen LogP contribution in [0.5, 0.6) is 5.75 Å². The van der Waals surface area contributed by atoms with E-state index in [0.29, 0.717) is 37.5 Å². The van der Waals surface area contributed by atoms with E-state index in [1.807, 2.05) is 12.1 Å². The molecule has 0 spiro atoms. The Morgan fingerprint density at radius 1 is 1.10 bits per heavy atom. The Balaban J connectivity index is 1.25. The van der Waals surface area contributed by atoms with Gasteiger partial charge in [-0.2, -0.15) is 0 Å². The normalized spacial score (nSPS) is 14.0. The van der Waals surface area contributed by atoms with Crippen molar-refractivity contribution < 1.29 is 23.1 Å². The van der Waals surface area contributed by atoms with Gasteiger partial charge in [0.2, 0.25) is 5.91 Å². The van der Waals surface area contributed by atoms with E-state index in [4.69, 9.17) is 9.15 Å². The van der Waals surface area contributed by atoms with Crippen LogP contribution in [0, 0.1) is 5.82 Å². The number of nitrogens with zero attached hydrogens (tertiary/aromatic N) is 2. The number of furan rings is 1. The highest BCUT2D eigenvalue weighted by Crippen LogP contribution is 2.28. The molecule has 7 nitrogen and oxygen atoms in total. The molecular formula is C23H24FN3O4. The maximum absolute atomic E-state index is 13.1. The Hall–Kier alpha value is -3.55. The van der Waals surface area contributed by atoms with Crippen molar-refractivity contribution in [1.29, 1.82) is 0 Å². The lowest BCUT2D eigenvalue weighted by molar-refractivity contribution is -0.131. The van der Waals surface area contributed by atoms with Gasteiger partial charge in [-0.1, -0.05) is 12.1 Å². The summed E-state index contributed by atoms with van der Waals surface area (Å²) in [4.78, 5) is 28.8. The minimum Gasteiger partial charge on any atom is -0.493 e. The molecule has 1 saturated heterocycles. The molecular weight excluding hydrogens is 401 g/mol. The molecule has 4 rings (SSSR count). The number of piperazine rings is 1. The molecule has 1 N–H and O–H groups in total. The van der Waals surface area contributed by atoms with Gasteiger partial charge in [-0.25, -0.2) is 4.39 Å². The van der Waals surface area contributed by atoms with Crippen molar-refractivity contribution in [2.24, 2.45) is 0 Å². The van der Waals surface area contributed by atoms with Crippen LogP contribution in [0.1, 0.15) is 17.0 Å². The van der Waals surface area contributed by atoms with Crippen molar-refractivity contribution in [3.05, 3.63) is 60.1 Å². The smallest absolute Gasteiger partial charge is 0.287 e. The molecule has 8 heteroatoms. The van der Waals surface area contributed by atoms with Gasteiger partial charge in [-0.15, -0.1) is 0 Å². The van der Waals surface area contributed by atoms with E-state index >= 15 is 0 Å². The number of rotatable bonds is 6. The molecule has 1 aliphatic heterocycles. The summed E-state index contributed by atoms with van der Waals surface area (Å²) in [5, 5.41) is 3.52. The lowest BCUT2D eigenvalue weighted by Crippen LogP contribution is -2.49. The fourth-order valence-electron chi connectivity index (χ4n) is 3.70. The number of anilines is 1. The number of hydrogen-bond donors (Lipinski definition) is 1. The van der Waals surface area contributed by atoms with Gasteiger partial charge < -0.3 is 24.3 Å². The second-order valence-electron chi connectivity index (χ2n) is 7.34. The lowest BCUT2D eigenvalue weighted by atomic mass is 10.2. The third-order valence-corrected chi connectivity index (χ3v) is 5.40. The zero-order valence-corrected chi connectivity index (χ0v) is 17.3. The molecule has 1 aliphatic rings. The van der Waals surface area contributed by atoms with E-state index in [0.717, 1.165) is 11.1 Å². The van der Waals surface area contributed by atoms with Crippen LogP contribution >= 0.6 is 0 Å². The third-order valence-electron chi connectivity index (χ3n) is 5.40. The quantitative estimate of drug-likeness (QED) is 0.657. The van der Waals surface area contributed by atoms with Gasteiger partial charge in [-0.3, -0.25) is 9.59 Å². The Morgan fingerprint density at radius 3 is 2.55 bits per heavy atom. The second-order valence-corrected chi connectivity index (χ2v) is 7.34. The Bertz CT molecular complexity index is 1070. The topological polar surface area (TPSA) is 75.0 Å². The molecule has 162 valence electrons. The first-order valence-electron chi connectivity index (χ1n) is 10.2. The summed E-state index contributed by atoms with van der Waals surface area (Å²) in [5.74, 6) is 0.102. The highest BCUT2D eigenvalue weighted by atomic mass is 19.1. The number of methoxy groups -OCH3 is 1. The van der Waals surface area contributed by atoms with E-state index in [1.54, 1.807) is 36.3 Å². The molecule has 2 amide bonds. The molecule has 0 bridgehead atoms. The number of nitrogens with one attached hydrogen (secondary N) is 1. The molecule has 0 saturated carbocycles. The van der Waals surface area contributed by atoms with Crippen LogP contribution in [0.25, 0.3) is 11.0 Å². The number of hydrogen-bond acceptors (Lipinski definition) is 5. The summed E-state index contributed by atoms with van der Waals surface area (Å²) < 4.78 is 24.0. The number of halogens is 1. The van der Waals surface area contributed by atoms with Crippen LogP contribution in [-0.2, 0) is 4.79 Å². The molecule has 0 radical (unpaired) electrons. The summed E-state index contributed by atoms with van der Waals surface area (Å²) >= 11 is 0. The summed E-state index contributed by atoms with van der Waals surface area (Å²) in [5.41, 5.74) is 1.47. The second kappa shape index (κ2) is 9.07. The van der Waals surface area contributed by atoms with Gasteiger partial charge >= 0.3 is 0 Å². The molecule has 0 atom stereocenters. The number of amides is 2. The molecule has 3 aromatic rings. The van der Waals surface area contributed by atoms with E-state index in [9.17, 15) is 14.0 Å². The van der Waals surface area contributed by atoms with Gasteiger partial charge in [0.1, 0.15) is 5.82 Å². The van der Waals surface area contributed by atoms with Crippen molar-refractivity contribution >= 4 is 28.5 Å². The van der Waals surface area contributed by atoms with E-state index in [1.165, 1.54) is 12.1 Å². The van der Waals surface area contributed by atoms with Crippen molar-refractivity contribution in [2.75, 3.05) is 44.7 Å². The van der Waals surface area contributed by atoms with Crippen LogP contribution < -0.4 is 15.0 Å². The molecule has 1 aromatic heterocycles. The summed E-state index contributed by atoms with van der Waals surface area (Å²) in [6, 6.07) is 13.5. The first kappa shape index (κ1) is 20.7. The van der Waals surface area contributed by atoms with Crippen LogP contribution in [0.2, 0.25) is 0 Å². The first-order valence-corrected chi connectivity index (χ1v) is 10.2. The average molecular weight is 425 g/mol. The predicted molar refractivity (Wildman–Crippen MR) is 115 cm³/mol. The number of fused-ring (bicyclic) bond motifs is 1. The van der Waals surface area contributed by atoms with E-state index in [-0.39, 0.29) is 36.4 Å². The van der Waals surface area contributed by atoms with Crippen LogP contribution in [0.3, 0.4) is 0 Å². The van der Waals surface area contributed by atoms with Crippen molar-refractivity contribution in [1.82, 2.24) is 10.2 Å². The van der Waals surface area contributed by atoms with Gasteiger partial charge in [0.25, 0.3) is 5.91 Å². The molecule has 1 fully saturated rings. The molecule has 31 heavy (non-hydrogen) atoms. The van der Waals surface area contributed by atoms with Crippen LogP contribution in [0.4, 0.5) is 10.1 Å². The molecule has 0 unspecified atom stereocenters.